The third kappa shape index (κ3) is 16.2. The molecule has 6 aromatic rings. The number of thiazole rings is 1. The minimum absolute atomic E-state index is 0.0193. The van der Waals surface area contributed by atoms with Gasteiger partial charge in [0, 0.05) is 101 Å². The van der Waals surface area contributed by atoms with Crippen molar-refractivity contribution < 1.29 is 29.0 Å². The average Bonchev–Trinajstić information content (AvgIpc) is 4.19. The number of ether oxygens (including phenoxy) is 1. The molecule has 422 valence electrons. The lowest BCUT2D eigenvalue weighted by atomic mass is 9.85. The number of amides is 4. The fraction of sp³-hybridized carbons (Fsp3) is 0.450. The maximum atomic E-state index is 14.1. The van der Waals surface area contributed by atoms with Crippen molar-refractivity contribution in [2.75, 3.05) is 83.6 Å². The maximum Gasteiger partial charge on any atom is 0.248 e. The Kier molecular flexibility index (Phi) is 20.8. The van der Waals surface area contributed by atoms with Crippen LogP contribution in [0.3, 0.4) is 0 Å². The zero-order chi connectivity index (χ0) is 56.8. The van der Waals surface area contributed by atoms with Crippen molar-refractivity contribution in [2.45, 2.75) is 97.4 Å². The molecule has 1 aliphatic rings. The minimum Gasteiger partial charge on any atom is -0.494 e. The predicted octanol–water partition coefficient (Wildman–Crippen LogP) is 8.39. The largest absolute Gasteiger partial charge is 0.494 e. The number of para-hydroxylation sites is 1. The van der Waals surface area contributed by atoms with E-state index in [1.165, 1.54) is 4.90 Å². The Morgan fingerprint density at radius 2 is 1.67 bits per heavy atom. The van der Waals surface area contributed by atoms with Gasteiger partial charge in [-0.3, -0.25) is 19.2 Å². The maximum absolute atomic E-state index is 14.1. The minimum atomic E-state index is -0.874. The molecular weight excluding hydrogens is 1020 g/mol. The normalized spacial score (nSPS) is 15.0. The fourth-order valence-corrected chi connectivity index (χ4v) is 10.6. The number of methoxy groups -OCH3 is 1. The number of fused-ring (bicyclic) bond motifs is 1. The standard InChI is InChI=1S/C60H80N12O6S/c1-40-55(79-39-63-40)42-25-23-41(24-26-42)36-62-57(76)51-33-43(73)37-72(51)58(77)56(60(2,3)4)67-54(75)21-14-12-11-13-17-29-69(7)30-18-22-53(74)64-47-34-48(52(78-10)35-50(47)70(8)32-31-68(5)6)66-59-61-28-27-46(65-59)45-38-71(9)49-20-16-15-19-44(45)49/h15-16,18-20,22-28,34-35,38-39,43,51,56,73H,11-14,17,21,29-33,36-37H2,1-10H3,(H,62,76)(H,64,74)(H,67,75)(H,61,65,66). The molecular formula is C60H80N12O6S. The Morgan fingerprint density at radius 3 is 2.39 bits per heavy atom. The van der Waals surface area contributed by atoms with E-state index in [1.54, 1.807) is 30.7 Å². The summed E-state index contributed by atoms with van der Waals surface area (Å²) in [6, 6.07) is 20.1. The Bertz CT molecular complexity index is 3060. The highest BCUT2D eigenvalue weighted by atomic mass is 32.1. The van der Waals surface area contributed by atoms with E-state index in [2.05, 4.69) is 68.8 Å². The quantitative estimate of drug-likeness (QED) is 0.0256. The molecule has 4 heterocycles. The number of unbranched alkanes of at least 4 members (excludes halogenated alkanes) is 4. The summed E-state index contributed by atoms with van der Waals surface area (Å²) in [6.07, 6.45) is 11.2. The lowest BCUT2D eigenvalue weighted by molar-refractivity contribution is -0.144. The number of anilines is 4. The van der Waals surface area contributed by atoms with Crippen LogP contribution in [0.2, 0.25) is 0 Å². The number of nitrogens with one attached hydrogen (secondary N) is 4. The average molecular weight is 1100 g/mol. The van der Waals surface area contributed by atoms with E-state index in [1.807, 2.05) is 129 Å². The fourth-order valence-electron chi connectivity index (χ4n) is 9.77. The second kappa shape index (κ2) is 27.6. The molecule has 3 unspecified atom stereocenters. The van der Waals surface area contributed by atoms with Crippen LogP contribution in [0.5, 0.6) is 5.75 Å². The van der Waals surface area contributed by atoms with E-state index < -0.39 is 23.6 Å². The zero-order valence-corrected chi connectivity index (χ0v) is 48.5. The Hall–Kier alpha value is -7.19. The number of carbonyl (C=O) groups is 4. The van der Waals surface area contributed by atoms with E-state index >= 15 is 0 Å². The molecule has 3 atom stereocenters. The molecule has 3 aromatic carbocycles. The van der Waals surface area contributed by atoms with Crippen LogP contribution in [0.25, 0.3) is 32.6 Å². The third-order valence-electron chi connectivity index (χ3n) is 14.3. The molecule has 79 heavy (non-hydrogen) atoms. The number of hydrogen-bond donors (Lipinski definition) is 5. The molecule has 18 nitrogen and oxygen atoms in total. The SMILES string of the molecule is COc1cc(N(C)CCN(C)C)c(NC(=O)C=CCN(C)CCCCCCCC(=O)NC(C(=O)N2CC(O)CC2C(=O)NCc2ccc(-c3scnc3C)cc2)C(C)(C)C)cc1Nc1nccc(-c2cn(C)c3ccccc23)n1. The number of aromatic nitrogens is 4. The molecule has 4 amide bonds. The highest BCUT2D eigenvalue weighted by Crippen LogP contribution is 2.39. The van der Waals surface area contributed by atoms with Gasteiger partial charge in [-0.25, -0.2) is 15.0 Å². The number of likely N-dealkylation sites (N-methyl/N-ethyl adjacent to an activating group) is 3. The highest BCUT2D eigenvalue weighted by molar-refractivity contribution is 7.13. The molecule has 1 fully saturated rings. The molecule has 1 saturated heterocycles. The van der Waals surface area contributed by atoms with Crippen LogP contribution < -0.4 is 30.9 Å². The first kappa shape index (κ1) is 59.5. The van der Waals surface area contributed by atoms with Crippen molar-refractivity contribution >= 4 is 68.9 Å². The van der Waals surface area contributed by atoms with E-state index in [-0.39, 0.29) is 49.6 Å². The van der Waals surface area contributed by atoms with Crippen LogP contribution in [0.1, 0.15) is 77.0 Å². The molecule has 0 aliphatic carbocycles. The van der Waals surface area contributed by atoms with Crippen molar-refractivity contribution in [2.24, 2.45) is 12.5 Å². The van der Waals surface area contributed by atoms with Gasteiger partial charge in [-0.05, 0) is 82.2 Å². The van der Waals surface area contributed by atoms with Crippen molar-refractivity contribution in [1.82, 2.24) is 44.9 Å². The summed E-state index contributed by atoms with van der Waals surface area (Å²) in [6.45, 7) is 10.9. The molecule has 0 spiro atoms. The molecule has 0 radical (unpaired) electrons. The van der Waals surface area contributed by atoms with Gasteiger partial charge < -0.3 is 55.3 Å². The number of rotatable bonds is 26. The highest BCUT2D eigenvalue weighted by Gasteiger charge is 2.44. The summed E-state index contributed by atoms with van der Waals surface area (Å²) >= 11 is 1.58. The molecule has 5 N–H and O–H groups in total. The summed E-state index contributed by atoms with van der Waals surface area (Å²) in [5, 5.41) is 24.2. The van der Waals surface area contributed by atoms with Gasteiger partial charge in [-0.1, -0.05) is 88.6 Å². The number of carbonyl (C=O) groups excluding carboxylic acids is 4. The van der Waals surface area contributed by atoms with Gasteiger partial charge in [0.15, 0.2) is 0 Å². The van der Waals surface area contributed by atoms with Crippen molar-refractivity contribution in [1.29, 1.82) is 0 Å². The van der Waals surface area contributed by atoms with Crippen molar-refractivity contribution in [3.05, 3.63) is 108 Å². The van der Waals surface area contributed by atoms with Crippen LogP contribution in [0.4, 0.5) is 23.0 Å². The second-order valence-corrected chi connectivity index (χ2v) is 22.8. The summed E-state index contributed by atoms with van der Waals surface area (Å²) in [5.74, 6) is -0.237. The topological polar surface area (TPSA) is 202 Å². The van der Waals surface area contributed by atoms with Crippen LogP contribution in [-0.4, -0.2) is 149 Å². The Morgan fingerprint density at radius 1 is 0.924 bits per heavy atom. The Balaban J connectivity index is 0.848. The van der Waals surface area contributed by atoms with Crippen LogP contribution in [0, 0.1) is 12.3 Å². The Labute approximate surface area is 469 Å². The number of aryl methyl sites for hydroxylation is 2. The summed E-state index contributed by atoms with van der Waals surface area (Å²) in [5.41, 5.74) is 8.99. The van der Waals surface area contributed by atoms with Gasteiger partial charge in [-0.15, -0.1) is 11.3 Å². The molecule has 3 aromatic heterocycles. The number of hydrogen-bond acceptors (Lipinski definition) is 14. The number of aliphatic hydroxyl groups is 1. The van der Waals surface area contributed by atoms with E-state index in [4.69, 9.17) is 9.72 Å². The van der Waals surface area contributed by atoms with Crippen LogP contribution >= 0.6 is 11.3 Å². The molecule has 0 bridgehead atoms. The number of benzene rings is 3. The van der Waals surface area contributed by atoms with Gasteiger partial charge in [0.1, 0.15) is 17.8 Å². The predicted molar refractivity (Wildman–Crippen MR) is 317 cm³/mol. The van der Waals surface area contributed by atoms with Gasteiger partial charge in [0.25, 0.3) is 0 Å². The van der Waals surface area contributed by atoms with Gasteiger partial charge in [-0.2, -0.15) is 0 Å². The molecule has 7 rings (SSSR count). The summed E-state index contributed by atoms with van der Waals surface area (Å²) < 4.78 is 7.96. The lowest BCUT2D eigenvalue weighted by Crippen LogP contribution is -2.57. The van der Waals surface area contributed by atoms with E-state index in [9.17, 15) is 24.3 Å². The first-order chi connectivity index (χ1) is 37.8. The summed E-state index contributed by atoms with van der Waals surface area (Å²) in [7, 11) is 11.7. The zero-order valence-electron chi connectivity index (χ0n) is 47.6. The number of β-amino-alcohol motifs (C(OH)–C–C–N with tert-alkyl or cyclic N) is 1. The smallest absolute Gasteiger partial charge is 0.248 e. The first-order valence-electron chi connectivity index (χ1n) is 27.2. The molecule has 0 saturated carbocycles. The number of nitrogens with zero attached hydrogens (tertiary/aromatic N) is 8. The van der Waals surface area contributed by atoms with Crippen LogP contribution in [-0.2, 0) is 32.8 Å². The van der Waals surface area contributed by atoms with E-state index in [0.29, 0.717) is 42.6 Å². The van der Waals surface area contributed by atoms with E-state index in [0.717, 1.165) is 88.3 Å². The van der Waals surface area contributed by atoms with Crippen molar-refractivity contribution in [3.63, 3.8) is 0 Å². The van der Waals surface area contributed by atoms with Gasteiger partial charge in [0.05, 0.1) is 52.1 Å². The number of aliphatic hydroxyl groups excluding tert-OH is 1. The van der Waals surface area contributed by atoms with Gasteiger partial charge in [0.2, 0.25) is 29.6 Å². The first-order valence-corrected chi connectivity index (χ1v) is 28.1. The molecule has 1 aliphatic heterocycles. The monoisotopic (exact) mass is 1100 g/mol. The second-order valence-electron chi connectivity index (χ2n) is 22.0. The number of likely N-dealkylation sites (tertiary alicyclic amines) is 1. The van der Waals surface area contributed by atoms with Gasteiger partial charge >= 0.3 is 0 Å². The lowest BCUT2D eigenvalue weighted by Gasteiger charge is -2.35. The van der Waals surface area contributed by atoms with Crippen molar-refractivity contribution in [3.8, 4) is 27.4 Å². The molecule has 19 heteroatoms. The summed E-state index contributed by atoms with van der Waals surface area (Å²) in [4.78, 5) is 77.1. The van der Waals surface area contributed by atoms with Crippen LogP contribution in [0.15, 0.2) is 96.8 Å². The third-order valence-corrected chi connectivity index (χ3v) is 15.3.